The van der Waals surface area contributed by atoms with Gasteiger partial charge in [-0.05, 0) is 67.6 Å². The second kappa shape index (κ2) is 11.0. The molecule has 3 heterocycles. The Morgan fingerprint density at radius 3 is 2.50 bits per heavy atom. The lowest BCUT2D eigenvalue weighted by Crippen LogP contribution is -2.50. The second-order valence-corrected chi connectivity index (χ2v) is 8.55. The molecule has 3 aromatic heterocycles. The number of carbonyl (C=O) groups is 2. The van der Waals surface area contributed by atoms with Crippen LogP contribution in [0, 0.1) is 5.92 Å². The normalized spacial score (nSPS) is 15.8. The van der Waals surface area contributed by atoms with Crippen molar-refractivity contribution >= 4 is 11.8 Å². The van der Waals surface area contributed by atoms with E-state index in [1.807, 2.05) is 25.1 Å². The average molecular weight is 463 g/mol. The van der Waals surface area contributed by atoms with Crippen LogP contribution in [0.4, 0.5) is 0 Å². The van der Waals surface area contributed by atoms with Gasteiger partial charge in [0.1, 0.15) is 23.6 Å². The molecule has 1 aliphatic carbocycles. The van der Waals surface area contributed by atoms with Crippen LogP contribution in [0.25, 0.3) is 11.5 Å². The highest BCUT2D eigenvalue weighted by Crippen LogP contribution is 2.28. The van der Waals surface area contributed by atoms with Crippen LogP contribution in [0.1, 0.15) is 61.3 Å². The summed E-state index contributed by atoms with van der Waals surface area (Å²) in [5, 5.41) is 5.55. The van der Waals surface area contributed by atoms with Crippen molar-refractivity contribution < 1.29 is 18.7 Å². The summed E-state index contributed by atoms with van der Waals surface area (Å²) < 4.78 is 11.7. The number of likely N-dealkylation sites (N-methyl/N-ethyl adjacent to an activating group) is 1. The third-order valence-electron chi connectivity index (χ3n) is 6.24. The van der Waals surface area contributed by atoms with E-state index in [0.29, 0.717) is 17.2 Å². The van der Waals surface area contributed by atoms with Gasteiger partial charge in [-0.1, -0.05) is 19.3 Å². The fourth-order valence-corrected chi connectivity index (χ4v) is 4.33. The molecule has 4 rings (SSSR count). The van der Waals surface area contributed by atoms with E-state index in [4.69, 9.17) is 9.15 Å². The number of aromatic nitrogens is 2. The molecular weight excluding hydrogens is 432 g/mol. The maximum absolute atomic E-state index is 12.8. The first-order valence-corrected chi connectivity index (χ1v) is 11.7. The zero-order valence-corrected chi connectivity index (χ0v) is 19.5. The number of ether oxygens (including phenoxy) is 1. The van der Waals surface area contributed by atoms with Crippen LogP contribution in [0.5, 0.6) is 5.75 Å². The lowest BCUT2D eigenvalue weighted by atomic mass is 9.83. The number of rotatable bonds is 8. The summed E-state index contributed by atoms with van der Waals surface area (Å²) in [5.41, 5.74) is 1.60. The van der Waals surface area contributed by atoms with Crippen molar-refractivity contribution in [2.24, 2.45) is 5.92 Å². The number of carbonyl (C=O) groups excluding carboxylic acids is 2. The highest BCUT2D eigenvalue weighted by molar-refractivity contribution is 5.96. The molecule has 2 amide bonds. The van der Waals surface area contributed by atoms with Crippen LogP contribution >= 0.6 is 0 Å². The summed E-state index contributed by atoms with van der Waals surface area (Å²) >= 11 is 0. The zero-order valence-electron chi connectivity index (χ0n) is 19.5. The summed E-state index contributed by atoms with van der Waals surface area (Å²) in [4.78, 5) is 33.7. The molecule has 2 atom stereocenters. The van der Waals surface area contributed by atoms with Gasteiger partial charge in [-0.15, -0.1) is 0 Å². The molecule has 1 aliphatic rings. The lowest BCUT2D eigenvalue weighted by molar-refractivity contribution is -0.124. The first kappa shape index (κ1) is 23.5. The van der Waals surface area contributed by atoms with E-state index in [2.05, 4.69) is 20.6 Å². The van der Waals surface area contributed by atoms with Gasteiger partial charge in [0.05, 0.1) is 6.20 Å². The van der Waals surface area contributed by atoms with Gasteiger partial charge in [0.25, 0.3) is 5.91 Å². The molecule has 2 N–H and O–H groups in total. The van der Waals surface area contributed by atoms with E-state index >= 15 is 0 Å². The monoisotopic (exact) mass is 462 g/mol. The Labute approximate surface area is 199 Å². The average Bonchev–Trinajstić information content (AvgIpc) is 3.39. The van der Waals surface area contributed by atoms with Gasteiger partial charge in [-0.25, -0.2) is 4.98 Å². The number of nitrogens with one attached hydrogen (secondary N) is 2. The van der Waals surface area contributed by atoms with Gasteiger partial charge >= 0.3 is 0 Å². The predicted octanol–water partition coefficient (Wildman–Crippen LogP) is 4.30. The van der Waals surface area contributed by atoms with Gasteiger partial charge in [-0.3, -0.25) is 14.6 Å². The lowest BCUT2D eigenvalue weighted by Gasteiger charge is -2.29. The minimum atomic E-state index is -0.566. The smallest absolute Gasteiger partial charge is 0.287 e. The van der Waals surface area contributed by atoms with Gasteiger partial charge in [0.2, 0.25) is 5.91 Å². The van der Waals surface area contributed by atoms with E-state index in [0.717, 1.165) is 31.2 Å². The highest BCUT2D eigenvalue weighted by Gasteiger charge is 2.31. The SMILES string of the molecule is CNC(=O)[C@@H](NC(=O)c1ccc(-c2ccc(OC(C)c3ccncc3)cn2)o1)C1CCCCC1. The molecule has 178 valence electrons. The molecule has 0 spiro atoms. The van der Waals surface area contributed by atoms with Gasteiger partial charge in [0.15, 0.2) is 11.5 Å². The molecule has 0 bridgehead atoms. The maximum Gasteiger partial charge on any atom is 0.287 e. The van der Waals surface area contributed by atoms with Crippen molar-refractivity contribution in [2.75, 3.05) is 7.05 Å². The Morgan fingerprint density at radius 2 is 1.82 bits per heavy atom. The molecule has 0 radical (unpaired) electrons. The van der Waals surface area contributed by atoms with Crippen molar-refractivity contribution in [3.8, 4) is 17.2 Å². The third kappa shape index (κ3) is 5.62. The van der Waals surface area contributed by atoms with Crippen molar-refractivity contribution in [1.82, 2.24) is 20.6 Å². The van der Waals surface area contributed by atoms with Crippen LogP contribution in [-0.4, -0.2) is 34.9 Å². The molecule has 0 saturated heterocycles. The largest absolute Gasteiger partial charge is 0.484 e. The molecule has 1 saturated carbocycles. The fraction of sp³-hybridized carbons (Fsp3) is 0.385. The Bertz CT molecular complexity index is 1090. The minimum Gasteiger partial charge on any atom is -0.484 e. The molecule has 0 aromatic carbocycles. The summed E-state index contributed by atoms with van der Waals surface area (Å²) in [6.45, 7) is 1.96. The Kier molecular flexibility index (Phi) is 7.57. The van der Waals surface area contributed by atoms with Gasteiger partial charge < -0.3 is 19.8 Å². The topological polar surface area (TPSA) is 106 Å². The van der Waals surface area contributed by atoms with Crippen molar-refractivity contribution in [3.05, 3.63) is 66.3 Å². The molecule has 8 heteroatoms. The number of amides is 2. The number of furan rings is 1. The van der Waals surface area contributed by atoms with E-state index < -0.39 is 11.9 Å². The number of hydrogen-bond acceptors (Lipinski definition) is 6. The first-order chi connectivity index (χ1) is 16.5. The van der Waals surface area contributed by atoms with Crippen LogP contribution in [-0.2, 0) is 4.79 Å². The number of nitrogens with zero attached hydrogens (tertiary/aromatic N) is 2. The molecule has 1 unspecified atom stereocenters. The molecule has 0 aliphatic heterocycles. The van der Waals surface area contributed by atoms with Crippen molar-refractivity contribution in [3.63, 3.8) is 0 Å². The number of hydrogen-bond donors (Lipinski definition) is 2. The van der Waals surface area contributed by atoms with E-state index in [1.165, 1.54) is 6.42 Å². The van der Waals surface area contributed by atoms with Gasteiger partial charge in [0, 0.05) is 19.4 Å². The Balaban J connectivity index is 1.41. The summed E-state index contributed by atoms with van der Waals surface area (Å²) in [7, 11) is 1.59. The molecular formula is C26H30N4O4. The standard InChI is InChI=1S/C26H30N4O4/c1-17(18-12-14-28-15-13-18)33-20-8-9-21(29-16-20)22-10-11-23(34-22)25(31)30-24(26(32)27-2)19-6-4-3-5-7-19/h8-17,19,24H,3-7H2,1-2H3,(H,27,32)(H,30,31)/t17?,24-/m0/s1. The quantitative estimate of drug-likeness (QED) is 0.517. The predicted molar refractivity (Wildman–Crippen MR) is 127 cm³/mol. The minimum absolute atomic E-state index is 0.135. The number of pyridine rings is 2. The summed E-state index contributed by atoms with van der Waals surface area (Å²) in [5.74, 6) is 0.789. The molecule has 8 nitrogen and oxygen atoms in total. The maximum atomic E-state index is 12.8. The Morgan fingerprint density at radius 1 is 1.06 bits per heavy atom. The van der Waals surface area contributed by atoms with Crippen LogP contribution in [0.2, 0.25) is 0 Å². The van der Waals surface area contributed by atoms with Gasteiger partial charge in [-0.2, -0.15) is 0 Å². The van der Waals surface area contributed by atoms with Crippen LogP contribution < -0.4 is 15.4 Å². The second-order valence-electron chi connectivity index (χ2n) is 8.55. The molecule has 1 fully saturated rings. The highest BCUT2D eigenvalue weighted by atomic mass is 16.5. The van der Waals surface area contributed by atoms with E-state index in [1.54, 1.807) is 43.8 Å². The summed E-state index contributed by atoms with van der Waals surface area (Å²) in [6, 6.07) is 10.1. The van der Waals surface area contributed by atoms with Crippen LogP contribution in [0.3, 0.4) is 0 Å². The molecule has 3 aromatic rings. The van der Waals surface area contributed by atoms with Crippen LogP contribution in [0.15, 0.2) is 59.4 Å². The van der Waals surface area contributed by atoms with E-state index in [9.17, 15) is 9.59 Å². The molecule has 34 heavy (non-hydrogen) atoms. The van der Waals surface area contributed by atoms with Crippen molar-refractivity contribution in [2.45, 2.75) is 51.2 Å². The third-order valence-corrected chi connectivity index (χ3v) is 6.24. The zero-order chi connectivity index (χ0) is 23.9. The van der Waals surface area contributed by atoms with Crippen molar-refractivity contribution in [1.29, 1.82) is 0 Å². The Hall–Kier alpha value is -3.68. The summed E-state index contributed by atoms with van der Waals surface area (Å²) in [6.07, 6.45) is 10.1. The first-order valence-electron chi connectivity index (χ1n) is 11.7. The fourth-order valence-electron chi connectivity index (χ4n) is 4.33. The van der Waals surface area contributed by atoms with E-state index in [-0.39, 0.29) is 23.7 Å².